The SMILES string of the molecule is C1CCCN(CCCCOC2CC3CCCCN3N2)CC1. The van der Waals surface area contributed by atoms with Crippen LogP contribution in [0.1, 0.15) is 64.2 Å². The van der Waals surface area contributed by atoms with E-state index in [0.29, 0.717) is 0 Å². The predicted molar refractivity (Wildman–Crippen MR) is 86.0 cm³/mol. The van der Waals surface area contributed by atoms with Crippen molar-refractivity contribution in [1.29, 1.82) is 0 Å². The largest absolute Gasteiger partial charge is 0.362 e. The zero-order valence-electron chi connectivity index (χ0n) is 13.6. The smallest absolute Gasteiger partial charge is 0.122 e. The van der Waals surface area contributed by atoms with E-state index in [1.807, 2.05) is 0 Å². The summed E-state index contributed by atoms with van der Waals surface area (Å²) in [6, 6.07) is 0.737. The third-order valence-corrected chi connectivity index (χ3v) is 5.31. The molecule has 4 heteroatoms. The van der Waals surface area contributed by atoms with Gasteiger partial charge in [-0.3, -0.25) is 0 Å². The molecule has 0 saturated carbocycles. The van der Waals surface area contributed by atoms with E-state index >= 15 is 0 Å². The molecule has 3 aliphatic heterocycles. The molecule has 0 amide bonds. The van der Waals surface area contributed by atoms with E-state index in [1.54, 1.807) is 0 Å². The molecule has 0 bridgehead atoms. The number of hydrogen-bond acceptors (Lipinski definition) is 4. The molecule has 4 nitrogen and oxygen atoms in total. The standard InChI is InChI=1S/C17H33N3O/c1-2-5-11-19(10-4-1)12-7-8-14-21-17-15-16-9-3-6-13-20(16)18-17/h16-18H,1-15H2. The minimum atomic E-state index is 0.284. The molecule has 0 aromatic carbocycles. The molecule has 122 valence electrons. The van der Waals surface area contributed by atoms with E-state index in [-0.39, 0.29) is 6.23 Å². The van der Waals surface area contributed by atoms with Crippen LogP contribution in [0.25, 0.3) is 0 Å². The minimum absolute atomic E-state index is 0.284. The highest BCUT2D eigenvalue weighted by molar-refractivity contribution is 4.83. The molecule has 3 saturated heterocycles. The van der Waals surface area contributed by atoms with Gasteiger partial charge in [0.15, 0.2) is 0 Å². The summed E-state index contributed by atoms with van der Waals surface area (Å²) in [4.78, 5) is 2.65. The predicted octanol–water partition coefficient (Wildman–Crippen LogP) is 2.75. The van der Waals surface area contributed by atoms with Gasteiger partial charge in [0, 0.05) is 25.6 Å². The van der Waals surface area contributed by atoms with Crippen LogP contribution in [0.2, 0.25) is 0 Å². The Balaban J connectivity index is 1.23. The lowest BCUT2D eigenvalue weighted by atomic mass is 10.0. The van der Waals surface area contributed by atoms with E-state index in [1.165, 1.54) is 90.4 Å². The Morgan fingerprint density at radius 3 is 2.52 bits per heavy atom. The Morgan fingerprint density at radius 2 is 1.71 bits per heavy atom. The van der Waals surface area contributed by atoms with Gasteiger partial charge in [-0.05, 0) is 58.2 Å². The molecule has 0 spiro atoms. The van der Waals surface area contributed by atoms with Crippen LogP contribution in [0.15, 0.2) is 0 Å². The van der Waals surface area contributed by atoms with Gasteiger partial charge in [0.25, 0.3) is 0 Å². The Kier molecular flexibility index (Phi) is 6.34. The Morgan fingerprint density at radius 1 is 0.905 bits per heavy atom. The summed E-state index contributed by atoms with van der Waals surface area (Å²) in [6.07, 6.45) is 13.7. The summed E-state index contributed by atoms with van der Waals surface area (Å²) in [5.41, 5.74) is 3.54. The zero-order valence-corrected chi connectivity index (χ0v) is 13.6. The molecular formula is C17H33N3O. The lowest BCUT2D eigenvalue weighted by Crippen LogP contribution is -2.42. The van der Waals surface area contributed by atoms with Crippen molar-refractivity contribution in [1.82, 2.24) is 15.3 Å². The van der Waals surface area contributed by atoms with Crippen molar-refractivity contribution in [3.63, 3.8) is 0 Å². The molecule has 2 unspecified atom stereocenters. The summed E-state index contributed by atoms with van der Waals surface area (Å²) in [6.45, 7) is 6.05. The normalized spacial score (nSPS) is 32.0. The second-order valence-electron chi connectivity index (χ2n) is 7.03. The molecular weight excluding hydrogens is 262 g/mol. The third-order valence-electron chi connectivity index (χ3n) is 5.31. The maximum atomic E-state index is 6.04. The number of nitrogens with zero attached hydrogens (tertiary/aromatic N) is 2. The first-order chi connectivity index (χ1) is 10.4. The molecule has 3 rings (SSSR count). The molecule has 0 aliphatic carbocycles. The summed E-state index contributed by atoms with van der Waals surface area (Å²) in [5, 5.41) is 2.42. The first-order valence-corrected chi connectivity index (χ1v) is 9.28. The van der Waals surface area contributed by atoms with Gasteiger partial charge in [-0.2, -0.15) is 0 Å². The third kappa shape index (κ3) is 4.92. The number of ether oxygens (including phenoxy) is 1. The number of likely N-dealkylation sites (tertiary alicyclic amines) is 1. The van der Waals surface area contributed by atoms with E-state index in [4.69, 9.17) is 4.74 Å². The Bertz CT molecular complexity index is 278. The topological polar surface area (TPSA) is 27.7 Å². The fourth-order valence-electron chi connectivity index (χ4n) is 4.03. The molecule has 3 heterocycles. The molecule has 0 radical (unpaired) electrons. The summed E-state index contributed by atoms with van der Waals surface area (Å²) in [5.74, 6) is 0. The van der Waals surface area contributed by atoms with E-state index in [9.17, 15) is 0 Å². The first-order valence-electron chi connectivity index (χ1n) is 9.28. The number of hydrazine groups is 1. The van der Waals surface area contributed by atoms with Crippen LogP contribution in [0.3, 0.4) is 0 Å². The molecule has 0 aromatic rings. The number of fused-ring (bicyclic) bond motifs is 1. The summed E-state index contributed by atoms with van der Waals surface area (Å²) < 4.78 is 6.04. The highest BCUT2D eigenvalue weighted by Crippen LogP contribution is 2.25. The fraction of sp³-hybridized carbons (Fsp3) is 1.00. The molecule has 21 heavy (non-hydrogen) atoms. The quantitative estimate of drug-likeness (QED) is 0.763. The van der Waals surface area contributed by atoms with Gasteiger partial charge in [-0.15, -0.1) is 0 Å². The van der Waals surface area contributed by atoms with Crippen molar-refractivity contribution in [2.24, 2.45) is 0 Å². The lowest BCUT2D eigenvalue weighted by molar-refractivity contribution is 0.0125. The maximum Gasteiger partial charge on any atom is 0.122 e. The van der Waals surface area contributed by atoms with Gasteiger partial charge in [-0.1, -0.05) is 19.3 Å². The average Bonchev–Trinajstić information content (AvgIpc) is 2.74. The van der Waals surface area contributed by atoms with Gasteiger partial charge in [0.2, 0.25) is 0 Å². The van der Waals surface area contributed by atoms with Crippen LogP contribution >= 0.6 is 0 Å². The second kappa shape index (κ2) is 8.47. The van der Waals surface area contributed by atoms with E-state index in [0.717, 1.165) is 12.6 Å². The number of nitrogens with one attached hydrogen (secondary N) is 1. The number of piperidine rings is 1. The van der Waals surface area contributed by atoms with Crippen molar-refractivity contribution in [3.05, 3.63) is 0 Å². The molecule has 3 aliphatic rings. The molecule has 1 N–H and O–H groups in total. The van der Waals surface area contributed by atoms with Crippen molar-refractivity contribution in [2.75, 3.05) is 32.8 Å². The van der Waals surface area contributed by atoms with Gasteiger partial charge in [-0.25, -0.2) is 10.4 Å². The van der Waals surface area contributed by atoms with Crippen LogP contribution in [0, 0.1) is 0 Å². The number of hydrogen-bond donors (Lipinski definition) is 1. The van der Waals surface area contributed by atoms with Gasteiger partial charge in [0.05, 0.1) is 0 Å². The van der Waals surface area contributed by atoms with Crippen LogP contribution in [-0.2, 0) is 4.74 Å². The highest BCUT2D eigenvalue weighted by atomic mass is 16.5. The minimum Gasteiger partial charge on any atom is -0.362 e. The van der Waals surface area contributed by atoms with Gasteiger partial charge in [0.1, 0.15) is 6.23 Å². The van der Waals surface area contributed by atoms with Gasteiger partial charge < -0.3 is 9.64 Å². The van der Waals surface area contributed by atoms with Crippen LogP contribution in [0.4, 0.5) is 0 Å². The molecule has 3 fully saturated rings. The second-order valence-corrected chi connectivity index (χ2v) is 7.03. The van der Waals surface area contributed by atoms with Crippen molar-refractivity contribution < 1.29 is 4.74 Å². The highest BCUT2D eigenvalue weighted by Gasteiger charge is 2.33. The van der Waals surface area contributed by atoms with Crippen molar-refractivity contribution in [3.8, 4) is 0 Å². The molecule has 2 atom stereocenters. The maximum absolute atomic E-state index is 6.04. The summed E-state index contributed by atoms with van der Waals surface area (Å²) in [7, 11) is 0. The average molecular weight is 295 g/mol. The Labute approximate surface area is 130 Å². The van der Waals surface area contributed by atoms with E-state index < -0.39 is 0 Å². The fourth-order valence-corrected chi connectivity index (χ4v) is 4.03. The van der Waals surface area contributed by atoms with Gasteiger partial charge >= 0.3 is 0 Å². The Hall–Kier alpha value is -0.160. The van der Waals surface area contributed by atoms with Crippen molar-refractivity contribution in [2.45, 2.75) is 76.5 Å². The molecule has 0 aromatic heterocycles. The summed E-state index contributed by atoms with van der Waals surface area (Å²) >= 11 is 0. The van der Waals surface area contributed by atoms with E-state index in [2.05, 4.69) is 15.3 Å². The van der Waals surface area contributed by atoms with Crippen LogP contribution in [-0.4, -0.2) is 55.0 Å². The van der Waals surface area contributed by atoms with Crippen molar-refractivity contribution >= 4 is 0 Å². The zero-order chi connectivity index (χ0) is 14.3. The first kappa shape index (κ1) is 15.7. The van der Waals surface area contributed by atoms with Crippen LogP contribution < -0.4 is 5.43 Å². The number of unbranched alkanes of at least 4 members (excludes halogenated alkanes) is 1. The number of rotatable bonds is 6. The van der Waals surface area contributed by atoms with Crippen LogP contribution in [0.5, 0.6) is 0 Å². The lowest BCUT2D eigenvalue weighted by Gasteiger charge is -2.28. The monoisotopic (exact) mass is 295 g/mol.